The quantitative estimate of drug-likeness (QED) is 0.885. The Hall–Kier alpha value is -2.35. The van der Waals surface area contributed by atoms with Crippen LogP contribution >= 0.6 is 11.3 Å². The van der Waals surface area contributed by atoms with E-state index in [1.165, 1.54) is 11.3 Å². The lowest BCUT2D eigenvalue weighted by atomic mass is 10.1. The van der Waals surface area contributed by atoms with Gasteiger partial charge < -0.3 is 19.5 Å². The summed E-state index contributed by atoms with van der Waals surface area (Å²) in [6.07, 6.45) is 5.36. The molecule has 1 saturated heterocycles. The van der Waals surface area contributed by atoms with Gasteiger partial charge in [-0.1, -0.05) is 0 Å². The van der Waals surface area contributed by atoms with E-state index in [1.807, 2.05) is 34.5 Å². The predicted octanol–water partition coefficient (Wildman–Crippen LogP) is 2.21. The van der Waals surface area contributed by atoms with Crippen LogP contribution in [0.5, 0.6) is 0 Å². The molecule has 0 aliphatic carbocycles. The number of piperidine rings is 1. The van der Waals surface area contributed by atoms with Gasteiger partial charge in [0.25, 0.3) is 0 Å². The van der Waals surface area contributed by atoms with Crippen LogP contribution in [0.25, 0.3) is 5.13 Å². The molecular formula is C17H22N4O3S. The molecule has 3 rings (SSSR count). The van der Waals surface area contributed by atoms with Crippen molar-refractivity contribution in [1.82, 2.24) is 19.8 Å². The highest BCUT2D eigenvalue weighted by molar-refractivity contribution is 7.12. The molecule has 0 aromatic carbocycles. The number of carbonyl (C=O) groups is 2. The Balaban J connectivity index is 1.45. The highest BCUT2D eigenvalue weighted by Crippen LogP contribution is 2.16. The molecule has 1 aliphatic rings. The third kappa shape index (κ3) is 4.60. The second kappa shape index (κ2) is 8.15. The van der Waals surface area contributed by atoms with E-state index in [0.29, 0.717) is 19.7 Å². The van der Waals surface area contributed by atoms with Crippen molar-refractivity contribution in [3.8, 4) is 5.13 Å². The summed E-state index contributed by atoms with van der Waals surface area (Å²) < 4.78 is 6.93. The number of nitrogens with zero attached hydrogens (tertiary/aromatic N) is 3. The van der Waals surface area contributed by atoms with Gasteiger partial charge in [-0.15, -0.1) is 11.3 Å². The van der Waals surface area contributed by atoms with Crippen molar-refractivity contribution in [3.63, 3.8) is 0 Å². The van der Waals surface area contributed by atoms with E-state index in [9.17, 15) is 9.59 Å². The van der Waals surface area contributed by atoms with Gasteiger partial charge >= 0.3 is 6.09 Å². The monoisotopic (exact) mass is 362 g/mol. The number of ether oxygens (including phenoxy) is 1. The van der Waals surface area contributed by atoms with Gasteiger partial charge in [-0.05, 0) is 31.9 Å². The molecule has 0 bridgehead atoms. The fourth-order valence-electron chi connectivity index (χ4n) is 2.82. The molecular weight excluding hydrogens is 340 g/mol. The number of hydrogen-bond acceptors (Lipinski definition) is 5. The van der Waals surface area contributed by atoms with Crippen molar-refractivity contribution in [3.05, 3.63) is 35.6 Å². The molecule has 0 unspecified atom stereocenters. The van der Waals surface area contributed by atoms with Crippen LogP contribution in [0.15, 0.2) is 29.9 Å². The molecule has 134 valence electrons. The summed E-state index contributed by atoms with van der Waals surface area (Å²) in [7, 11) is 0. The maximum absolute atomic E-state index is 12.2. The Bertz CT molecular complexity index is 705. The third-order valence-corrected chi connectivity index (χ3v) is 5.00. The van der Waals surface area contributed by atoms with Crippen LogP contribution in [0.4, 0.5) is 4.79 Å². The number of hydrogen-bond donors (Lipinski definition) is 1. The van der Waals surface area contributed by atoms with Crippen LogP contribution in [0.1, 0.15) is 25.5 Å². The Morgan fingerprint density at radius 1 is 1.32 bits per heavy atom. The van der Waals surface area contributed by atoms with Crippen LogP contribution < -0.4 is 5.32 Å². The molecule has 0 radical (unpaired) electrons. The van der Waals surface area contributed by atoms with Gasteiger partial charge in [0.15, 0.2) is 5.13 Å². The molecule has 2 amide bonds. The number of likely N-dealkylation sites (tertiary alicyclic amines) is 1. The second-order valence-corrected chi connectivity index (χ2v) is 6.75. The summed E-state index contributed by atoms with van der Waals surface area (Å²) in [6.45, 7) is 3.40. The first-order chi connectivity index (χ1) is 12.2. The molecule has 7 nitrogen and oxygen atoms in total. The number of thiazole rings is 1. The summed E-state index contributed by atoms with van der Waals surface area (Å²) in [4.78, 5) is 30.1. The SMILES string of the molecule is CCOC(=O)N1CCC(NC(=O)Cc2csc(-n3cccc3)n2)CC1. The largest absolute Gasteiger partial charge is 0.450 e. The predicted molar refractivity (Wildman–Crippen MR) is 94.9 cm³/mol. The minimum absolute atomic E-state index is 0.0288. The molecule has 25 heavy (non-hydrogen) atoms. The summed E-state index contributed by atoms with van der Waals surface area (Å²) in [5.41, 5.74) is 0.773. The standard InChI is InChI=1S/C17H22N4O3S/c1-2-24-17(23)21-9-5-13(6-10-21)18-15(22)11-14-12-25-16(19-14)20-7-3-4-8-20/h3-4,7-8,12-13H,2,5-6,9-11H2,1H3,(H,18,22). The summed E-state index contributed by atoms with van der Waals surface area (Å²) in [6, 6.07) is 3.98. The molecule has 1 N–H and O–H groups in total. The average Bonchev–Trinajstić information content (AvgIpc) is 3.27. The molecule has 0 spiro atoms. The molecule has 2 aromatic rings. The van der Waals surface area contributed by atoms with Crippen molar-refractivity contribution in [2.45, 2.75) is 32.2 Å². The fraction of sp³-hybridized carbons (Fsp3) is 0.471. The van der Waals surface area contributed by atoms with E-state index in [-0.39, 0.29) is 24.5 Å². The first-order valence-electron chi connectivity index (χ1n) is 8.44. The fourth-order valence-corrected chi connectivity index (χ4v) is 3.61. The number of carbonyl (C=O) groups excluding carboxylic acids is 2. The van der Waals surface area contributed by atoms with Gasteiger partial charge in [0.2, 0.25) is 5.91 Å². The lowest BCUT2D eigenvalue weighted by Gasteiger charge is -2.31. The summed E-state index contributed by atoms with van der Waals surface area (Å²) >= 11 is 1.52. The van der Waals surface area contributed by atoms with Crippen molar-refractivity contribution in [2.75, 3.05) is 19.7 Å². The van der Waals surface area contributed by atoms with Gasteiger partial charge in [-0.25, -0.2) is 9.78 Å². The Morgan fingerprint density at radius 3 is 2.72 bits per heavy atom. The second-order valence-electron chi connectivity index (χ2n) is 5.92. The highest BCUT2D eigenvalue weighted by Gasteiger charge is 2.24. The zero-order chi connectivity index (χ0) is 17.6. The van der Waals surface area contributed by atoms with Gasteiger partial charge in [-0.3, -0.25) is 4.79 Å². The van der Waals surface area contributed by atoms with Crippen LogP contribution in [0.2, 0.25) is 0 Å². The van der Waals surface area contributed by atoms with Crippen LogP contribution in [-0.4, -0.2) is 52.2 Å². The van der Waals surface area contributed by atoms with E-state index >= 15 is 0 Å². The lowest BCUT2D eigenvalue weighted by molar-refractivity contribution is -0.121. The normalized spacial score (nSPS) is 15.2. The molecule has 8 heteroatoms. The summed E-state index contributed by atoms with van der Waals surface area (Å²) in [5.74, 6) is -0.0288. The molecule has 0 atom stereocenters. The highest BCUT2D eigenvalue weighted by atomic mass is 32.1. The third-order valence-electron chi connectivity index (χ3n) is 4.09. The van der Waals surface area contributed by atoms with Crippen molar-refractivity contribution in [2.24, 2.45) is 0 Å². The smallest absolute Gasteiger partial charge is 0.409 e. The molecule has 1 fully saturated rings. The minimum atomic E-state index is -0.271. The average molecular weight is 362 g/mol. The zero-order valence-electron chi connectivity index (χ0n) is 14.2. The summed E-state index contributed by atoms with van der Waals surface area (Å²) in [5, 5.41) is 5.81. The van der Waals surface area contributed by atoms with Crippen molar-refractivity contribution in [1.29, 1.82) is 0 Å². The zero-order valence-corrected chi connectivity index (χ0v) is 15.0. The van der Waals surface area contributed by atoms with E-state index in [0.717, 1.165) is 23.7 Å². The molecule has 3 heterocycles. The van der Waals surface area contributed by atoms with Gasteiger partial charge in [-0.2, -0.15) is 0 Å². The van der Waals surface area contributed by atoms with Gasteiger partial charge in [0.1, 0.15) is 0 Å². The van der Waals surface area contributed by atoms with Crippen molar-refractivity contribution < 1.29 is 14.3 Å². The van der Waals surface area contributed by atoms with E-state index in [4.69, 9.17) is 4.74 Å². The van der Waals surface area contributed by atoms with Gasteiger partial charge in [0, 0.05) is 36.9 Å². The Morgan fingerprint density at radius 2 is 2.04 bits per heavy atom. The topological polar surface area (TPSA) is 76.5 Å². The first-order valence-corrected chi connectivity index (χ1v) is 9.32. The van der Waals surface area contributed by atoms with Crippen LogP contribution in [-0.2, 0) is 16.0 Å². The van der Waals surface area contributed by atoms with Gasteiger partial charge in [0.05, 0.1) is 18.7 Å². The van der Waals surface area contributed by atoms with Crippen molar-refractivity contribution >= 4 is 23.3 Å². The Kier molecular flexibility index (Phi) is 5.70. The molecule has 1 aliphatic heterocycles. The molecule has 2 aromatic heterocycles. The van der Waals surface area contributed by atoms with E-state index < -0.39 is 0 Å². The maximum Gasteiger partial charge on any atom is 0.409 e. The number of amides is 2. The van der Waals surface area contributed by atoms with E-state index in [2.05, 4.69) is 10.3 Å². The Labute approximate surface area is 150 Å². The van der Waals surface area contributed by atoms with E-state index in [1.54, 1.807) is 11.8 Å². The number of aromatic nitrogens is 2. The molecule has 0 saturated carbocycles. The number of nitrogens with one attached hydrogen (secondary N) is 1. The number of rotatable bonds is 5. The first kappa shape index (κ1) is 17.5. The lowest BCUT2D eigenvalue weighted by Crippen LogP contribution is -2.47. The minimum Gasteiger partial charge on any atom is -0.450 e. The van der Waals surface area contributed by atoms with Crippen LogP contribution in [0.3, 0.4) is 0 Å². The maximum atomic E-state index is 12.2. The van der Waals surface area contributed by atoms with Crippen LogP contribution in [0, 0.1) is 0 Å².